The van der Waals surface area contributed by atoms with Gasteiger partial charge in [-0.05, 0) is 103 Å². The number of allylic oxidation sites excluding steroid dienone is 18. The summed E-state index contributed by atoms with van der Waals surface area (Å²) >= 11 is 0. The van der Waals surface area contributed by atoms with Crippen LogP contribution in [0, 0.1) is 0 Å². The molecule has 10 nitrogen and oxygen atoms in total. The second-order valence-electron chi connectivity index (χ2n) is 15.8. The number of esters is 2. The molecule has 1 saturated heterocycles. The van der Waals surface area contributed by atoms with Crippen LogP contribution in [0.15, 0.2) is 109 Å². The van der Waals surface area contributed by atoms with Crippen molar-refractivity contribution in [3.8, 4) is 0 Å². The molecule has 63 heavy (non-hydrogen) atoms. The summed E-state index contributed by atoms with van der Waals surface area (Å²) in [6.45, 7) is 3.20. The summed E-state index contributed by atoms with van der Waals surface area (Å²) < 4.78 is 22.1. The molecule has 1 heterocycles. The van der Waals surface area contributed by atoms with Crippen LogP contribution in [0.5, 0.6) is 0 Å². The first-order chi connectivity index (χ1) is 30.8. The number of aliphatic hydroxyl groups is 4. The van der Waals surface area contributed by atoms with Gasteiger partial charge in [0.15, 0.2) is 12.4 Å². The van der Waals surface area contributed by atoms with Gasteiger partial charge in [-0.2, -0.15) is 0 Å². The minimum Gasteiger partial charge on any atom is -0.462 e. The largest absolute Gasteiger partial charge is 0.462 e. The minimum atomic E-state index is -1.61. The number of unbranched alkanes of at least 4 members (excludes halogenated alkanes) is 9. The molecule has 356 valence electrons. The highest BCUT2D eigenvalue weighted by Crippen LogP contribution is 2.22. The summed E-state index contributed by atoms with van der Waals surface area (Å²) in [6.07, 6.45) is 50.9. The number of rotatable bonds is 38. The molecule has 1 aliphatic rings. The van der Waals surface area contributed by atoms with E-state index in [0.29, 0.717) is 12.8 Å². The van der Waals surface area contributed by atoms with Gasteiger partial charge in [0, 0.05) is 12.8 Å². The third-order valence-electron chi connectivity index (χ3n) is 10.1. The van der Waals surface area contributed by atoms with Crippen LogP contribution in [0.1, 0.15) is 155 Å². The summed E-state index contributed by atoms with van der Waals surface area (Å²) in [5.74, 6) is -0.892. The van der Waals surface area contributed by atoms with Crippen molar-refractivity contribution < 1.29 is 49.0 Å². The van der Waals surface area contributed by atoms with E-state index in [4.69, 9.17) is 18.9 Å². The molecular weight excluding hydrogens is 797 g/mol. The molecule has 0 aromatic carbocycles. The topological polar surface area (TPSA) is 152 Å². The normalized spacial score (nSPS) is 20.5. The molecular formula is C53H84O10. The lowest BCUT2D eigenvalue weighted by atomic mass is 9.99. The van der Waals surface area contributed by atoms with Crippen LogP contribution in [0.2, 0.25) is 0 Å². The first-order valence-corrected chi connectivity index (χ1v) is 24.0. The summed E-state index contributed by atoms with van der Waals surface area (Å²) in [5, 5.41) is 40.1. The predicted molar refractivity (Wildman–Crippen MR) is 256 cm³/mol. The van der Waals surface area contributed by atoms with Crippen LogP contribution in [-0.4, -0.2) is 89.0 Å². The van der Waals surface area contributed by atoms with Crippen molar-refractivity contribution in [3.63, 3.8) is 0 Å². The summed E-state index contributed by atoms with van der Waals surface area (Å²) in [5.41, 5.74) is 0. The molecule has 0 amide bonds. The summed E-state index contributed by atoms with van der Waals surface area (Å²) in [7, 11) is 0. The molecule has 1 fully saturated rings. The Kier molecular flexibility index (Phi) is 38.5. The van der Waals surface area contributed by atoms with Crippen molar-refractivity contribution in [1.29, 1.82) is 0 Å². The number of carbonyl (C=O) groups is 2. The van der Waals surface area contributed by atoms with Gasteiger partial charge in [-0.3, -0.25) is 9.59 Å². The first kappa shape index (κ1) is 57.4. The molecule has 2 unspecified atom stereocenters. The van der Waals surface area contributed by atoms with E-state index >= 15 is 0 Å². The van der Waals surface area contributed by atoms with Gasteiger partial charge in [0.05, 0.1) is 13.2 Å². The van der Waals surface area contributed by atoms with Crippen molar-refractivity contribution in [2.75, 3.05) is 19.8 Å². The predicted octanol–water partition coefficient (Wildman–Crippen LogP) is 10.9. The number of ether oxygens (including phenoxy) is 4. The first-order valence-electron chi connectivity index (χ1n) is 24.0. The molecule has 0 aromatic heterocycles. The second-order valence-corrected chi connectivity index (χ2v) is 15.8. The Morgan fingerprint density at radius 1 is 0.508 bits per heavy atom. The Morgan fingerprint density at radius 3 is 1.38 bits per heavy atom. The van der Waals surface area contributed by atoms with Crippen molar-refractivity contribution in [3.05, 3.63) is 109 Å². The Hall–Kier alpha value is -3.64. The molecule has 0 saturated carbocycles. The third-order valence-corrected chi connectivity index (χ3v) is 10.1. The maximum atomic E-state index is 12.8. The van der Waals surface area contributed by atoms with E-state index < -0.39 is 55.4 Å². The average Bonchev–Trinajstić information content (AvgIpc) is 3.28. The summed E-state index contributed by atoms with van der Waals surface area (Å²) in [4.78, 5) is 25.4. The summed E-state index contributed by atoms with van der Waals surface area (Å²) in [6, 6.07) is 0. The molecule has 0 aromatic rings. The molecule has 4 N–H and O–H groups in total. The lowest BCUT2D eigenvalue weighted by molar-refractivity contribution is -0.305. The SMILES string of the molecule is CC/C=C/C/C=C/C/C=C/C/C=C/C/C=C/CCCCCC(=O)OC[C@@H](CO[C@H]1O[C@@H](CO)[C@@H](O)C(O)C1O)OC(=O)CCCCC/C=C/C/C=C/C/C=C/C/C=C/CCCCC. The second kappa shape index (κ2) is 42.3. The molecule has 0 radical (unpaired) electrons. The molecule has 1 rings (SSSR count). The van der Waals surface area contributed by atoms with Crippen LogP contribution in [0.4, 0.5) is 0 Å². The fourth-order valence-electron chi connectivity index (χ4n) is 6.37. The smallest absolute Gasteiger partial charge is 0.306 e. The lowest BCUT2D eigenvalue weighted by Gasteiger charge is -2.39. The maximum Gasteiger partial charge on any atom is 0.306 e. The highest BCUT2D eigenvalue weighted by Gasteiger charge is 2.44. The number of aliphatic hydroxyl groups excluding tert-OH is 4. The molecule has 6 atom stereocenters. The maximum absolute atomic E-state index is 12.8. The standard InChI is InChI=1S/C53H84O10/c1-3-5-7-9-11-13-15-17-19-21-23-25-27-29-31-33-35-37-39-41-48(55)60-44-46(45-61-53-52(59)51(58)50(57)47(43-54)63-53)62-49(56)42-40-38-36-34-32-30-28-26-24-22-20-18-16-14-12-10-8-6-4-2/h5,7,11-14,17-20,23-26,29-32,46-47,50-54,57-59H,3-4,6,8-10,15-16,21-22,27-28,33-45H2,1-2H3/b7-5+,13-11+,14-12+,19-17+,20-18+,25-23+,26-24+,31-29+,32-30+/t46-,47-,50+,51?,52?,53-/m0/s1. The Labute approximate surface area is 380 Å². The van der Waals surface area contributed by atoms with E-state index in [1.54, 1.807) is 0 Å². The van der Waals surface area contributed by atoms with Gasteiger partial charge in [0.1, 0.15) is 31.0 Å². The van der Waals surface area contributed by atoms with Gasteiger partial charge in [-0.25, -0.2) is 0 Å². The van der Waals surface area contributed by atoms with Gasteiger partial charge >= 0.3 is 11.9 Å². The zero-order valence-electron chi connectivity index (χ0n) is 38.8. The zero-order valence-corrected chi connectivity index (χ0v) is 38.8. The van der Waals surface area contributed by atoms with Crippen molar-refractivity contribution >= 4 is 11.9 Å². The highest BCUT2D eigenvalue weighted by molar-refractivity contribution is 5.70. The minimum absolute atomic E-state index is 0.178. The van der Waals surface area contributed by atoms with Crippen LogP contribution in [-0.2, 0) is 28.5 Å². The van der Waals surface area contributed by atoms with E-state index in [1.807, 2.05) is 0 Å². The Balaban J connectivity index is 2.37. The van der Waals surface area contributed by atoms with Gasteiger partial charge < -0.3 is 39.4 Å². The van der Waals surface area contributed by atoms with Crippen LogP contribution in [0.3, 0.4) is 0 Å². The molecule has 1 aliphatic heterocycles. The zero-order chi connectivity index (χ0) is 45.9. The van der Waals surface area contributed by atoms with E-state index in [1.165, 1.54) is 25.7 Å². The van der Waals surface area contributed by atoms with E-state index in [0.717, 1.165) is 89.9 Å². The Bertz CT molecular complexity index is 1390. The highest BCUT2D eigenvalue weighted by atomic mass is 16.7. The average molecular weight is 881 g/mol. The monoisotopic (exact) mass is 881 g/mol. The van der Waals surface area contributed by atoms with Gasteiger partial charge in [0.25, 0.3) is 0 Å². The quantitative estimate of drug-likeness (QED) is 0.0268. The number of hydrogen-bond acceptors (Lipinski definition) is 10. The van der Waals surface area contributed by atoms with E-state index in [-0.39, 0.29) is 26.1 Å². The molecule has 0 bridgehead atoms. The third kappa shape index (κ3) is 33.5. The van der Waals surface area contributed by atoms with Crippen molar-refractivity contribution in [1.82, 2.24) is 0 Å². The van der Waals surface area contributed by atoms with E-state index in [9.17, 15) is 30.0 Å². The van der Waals surface area contributed by atoms with Gasteiger partial charge in [-0.15, -0.1) is 0 Å². The fraction of sp³-hybridized carbons (Fsp3) is 0.623. The van der Waals surface area contributed by atoms with Crippen molar-refractivity contribution in [2.24, 2.45) is 0 Å². The molecule has 10 heteroatoms. The molecule has 0 aliphatic carbocycles. The van der Waals surface area contributed by atoms with E-state index in [2.05, 4.69) is 123 Å². The van der Waals surface area contributed by atoms with Gasteiger partial charge in [0.2, 0.25) is 0 Å². The lowest BCUT2D eigenvalue weighted by Crippen LogP contribution is -2.59. The van der Waals surface area contributed by atoms with Crippen LogP contribution < -0.4 is 0 Å². The van der Waals surface area contributed by atoms with Crippen LogP contribution in [0.25, 0.3) is 0 Å². The van der Waals surface area contributed by atoms with Gasteiger partial charge in [-0.1, -0.05) is 149 Å². The number of hydrogen-bond donors (Lipinski definition) is 4. The van der Waals surface area contributed by atoms with Crippen molar-refractivity contribution in [2.45, 2.75) is 192 Å². The molecule has 0 spiro atoms. The Morgan fingerprint density at radius 2 is 0.937 bits per heavy atom. The number of carbonyl (C=O) groups excluding carboxylic acids is 2. The fourth-order valence-corrected chi connectivity index (χ4v) is 6.37. The van der Waals surface area contributed by atoms with Crippen LogP contribution >= 0.6 is 0 Å².